The van der Waals surface area contributed by atoms with Crippen LogP contribution in [0.1, 0.15) is 42.7 Å². The molecule has 0 N–H and O–H groups in total. The maximum Gasteiger partial charge on any atom is 0.345 e. The molecule has 142 valence electrons. The lowest BCUT2D eigenvalue weighted by atomic mass is 10.1. The van der Waals surface area contributed by atoms with Crippen molar-refractivity contribution < 1.29 is 13.9 Å². The van der Waals surface area contributed by atoms with Crippen LogP contribution in [0.5, 0.6) is 5.75 Å². The predicted molar refractivity (Wildman–Crippen MR) is 105 cm³/mol. The molecular formula is C21H19N3O4. The number of aryl methyl sites for hydroxylation is 1. The SMILES string of the molecule is CCc1cc(=O)oc2cc(OC(=O)c3cnc4c(cnn4C(C)C)c3)ccc12. The van der Waals surface area contributed by atoms with Gasteiger partial charge in [0.25, 0.3) is 0 Å². The number of esters is 1. The molecule has 0 radical (unpaired) electrons. The van der Waals surface area contributed by atoms with Crippen molar-refractivity contribution in [3.8, 4) is 5.75 Å². The molecule has 7 nitrogen and oxygen atoms in total. The van der Waals surface area contributed by atoms with E-state index in [1.807, 2.05) is 20.8 Å². The van der Waals surface area contributed by atoms with Crippen molar-refractivity contribution in [1.82, 2.24) is 14.8 Å². The Balaban J connectivity index is 1.64. The van der Waals surface area contributed by atoms with Crippen LogP contribution in [0, 0.1) is 0 Å². The number of rotatable bonds is 4. The summed E-state index contributed by atoms with van der Waals surface area (Å²) in [6.45, 7) is 5.99. The number of aromatic nitrogens is 3. The third-order valence-corrected chi connectivity index (χ3v) is 4.55. The summed E-state index contributed by atoms with van der Waals surface area (Å²) >= 11 is 0. The smallest absolute Gasteiger partial charge is 0.345 e. The zero-order chi connectivity index (χ0) is 19.8. The van der Waals surface area contributed by atoms with Crippen LogP contribution in [-0.2, 0) is 6.42 Å². The molecule has 0 saturated carbocycles. The van der Waals surface area contributed by atoms with E-state index in [2.05, 4.69) is 10.1 Å². The lowest BCUT2D eigenvalue weighted by molar-refractivity contribution is 0.0734. The molecule has 28 heavy (non-hydrogen) atoms. The third kappa shape index (κ3) is 3.15. The van der Waals surface area contributed by atoms with Gasteiger partial charge < -0.3 is 9.15 Å². The van der Waals surface area contributed by atoms with Gasteiger partial charge in [-0.05, 0) is 44.0 Å². The fourth-order valence-corrected chi connectivity index (χ4v) is 3.16. The summed E-state index contributed by atoms with van der Waals surface area (Å²) in [7, 11) is 0. The van der Waals surface area contributed by atoms with Crippen LogP contribution in [0.2, 0.25) is 0 Å². The number of pyridine rings is 1. The molecule has 0 saturated heterocycles. The number of ether oxygens (including phenoxy) is 1. The highest BCUT2D eigenvalue weighted by Gasteiger charge is 2.14. The average molecular weight is 377 g/mol. The van der Waals surface area contributed by atoms with E-state index in [9.17, 15) is 9.59 Å². The van der Waals surface area contributed by atoms with Crippen LogP contribution in [-0.4, -0.2) is 20.7 Å². The molecule has 0 fully saturated rings. The van der Waals surface area contributed by atoms with E-state index in [-0.39, 0.29) is 6.04 Å². The number of carbonyl (C=O) groups excluding carboxylic acids is 1. The molecule has 4 rings (SSSR count). The molecule has 0 aliphatic rings. The van der Waals surface area contributed by atoms with Gasteiger partial charge in [-0.3, -0.25) is 0 Å². The van der Waals surface area contributed by atoms with Crippen LogP contribution in [0.25, 0.3) is 22.0 Å². The molecular weight excluding hydrogens is 358 g/mol. The molecule has 3 heterocycles. The maximum absolute atomic E-state index is 12.5. The molecule has 3 aromatic heterocycles. The largest absolute Gasteiger partial charge is 0.423 e. The summed E-state index contributed by atoms with van der Waals surface area (Å²) in [4.78, 5) is 28.6. The molecule has 4 aromatic rings. The topological polar surface area (TPSA) is 87.2 Å². The number of hydrogen-bond donors (Lipinski definition) is 0. The Hall–Kier alpha value is -3.48. The van der Waals surface area contributed by atoms with Gasteiger partial charge in [0, 0.05) is 35.1 Å². The van der Waals surface area contributed by atoms with Crippen molar-refractivity contribution in [2.75, 3.05) is 0 Å². The maximum atomic E-state index is 12.5. The van der Waals surface area contributed by atoms with E-state index >= 15 is 0 Å². The second kappa shape index (κ2) is 6.92. The zero-order valence-electron chi connectivity index (χ0n) is 15.8. The lowest BCUT2D eigenvalue weighted by Gasteiger charge is -2.08. The van der Waals surface area contributed by atoms with Crippen molar-refractivity contribution >= 4 is 28.0 Å². The molecule has 0 amide bonds. The minimum atomic E-state index is -0.542. The second-order valence-corrected chi connectivity index (χ2v) is 6.81. The number of hydrogen-bond acceptors (Lipinski definition) is 6. The molecule has 0 bridgehead atoms. The summed E-state index contributed by atoms with van der Waals surface area (Å²) in [6, 6.07) is 8.37. The lowest BCUT2D eigenvalue weighted by Crippen LogP contribution is -2.10. The normalized spacial score (nSPS) is 11.4. The first-order valence-electron chi connectivity index (χ1n) is 9.08. The molecule has 0 aliphatic carbocycles. The van der Waals surface area contributed by atoms with E-state index in [4.69, 9.17) is 9.15 Å². The van der Waals surface area contributed by atoms with Gasteiger partial charge >= 0.3 is 11.6 Å². The van der Waals surface area contributed by atoms with Crippen LogP contribution < -0.4 is 10.4 Å². The zero-order valence-corrected chi connectivity index (χ0v) is 15.8. The van der Waals surface area contributed by atoms with Gasteiger partial charge in [-0.2, -0.15) is 5.10 Å². The van der Waals surface area contributed by atoms with Crippen LogP contribution in [0.4, 0.5) is 0 Å². The van der Waals surface area contributed by atoms with Crippen molar-refractivity contribution in [3.63, 3.8) is 0 Å². The number of carbonyl (C=O) groups is 1. The highest BCUT2D eigenvalue weighted by molar-refractivity contribution is 5.94. The summed E-state index contributed by atoms with van der Waals surface area (Å²) in [5.41, 5.74) is 1.89. The Morgan fingerprint density at radius 1 is 1.21 bits per heavy atom. The van der Waals surface area contributed by atoms with Gasteiger partial charge in [0.2, 0.25) is 0 Å². The van der Waals surface area contributed by atoms with Gasteiger partial charge in [0.05, 0.1) is 11.8 Å². The Morgan fingerprint density at radius 3 is 2.79 bits per heavy atom. The van der Waals surface area contributed by atoms with Crippen molar-refractivity contribution in [1.29, 1.82) is 0 Å². The van der Waals surface area contributed by atoms with Gasteiger partial charge in [-0.25, -0.2) is 19.3 Å². The first-order chi connectivity index (χ1) is 13.5. The Bertz CT molecular complexity index is 1250. The number of benzene rings is 1. The number of fused-ring (bicyclic) bond motifs is 2. The van der Waals surface area contributed by atoms with Crippen LogP contribution in [0.3, 0.4) is 0 Å². The summed E-state index contributed by atoms with van der Waals surface area (Å²) < 4.78 is 12.5. The fourth-order valence-electron chi connectivity index (χ4n) is 3.16. The van der Waals surface area contributed by atoms with E-state index in [0.29, 0.717) is 29.0 Å². The Morgan fingerprint density at radius 2 is 2.04 bits per heavy atom. The average Bonchev–Trinajstić information content (AvgIpc) is 3.10. The first kappa shape index (κ1) is 17.9. The summed E-state index contributed by atoms with van der Waals surface area (Å²) in [5, 5.41) is 5.89. The minimum absolute atomic E-state index is 0.170. The number of nitrogens with zero attached hydrogens (tertiary/aromatic N) is 3. The van der Waals surface area contributed by atoms with Gasteiger partial charge in [-0.15, -0.1) is 0 Å². The molecule has 0 atom stereocenters. The van der Waals surface area contributed by atoms with Crippen LogP contribution in [0.15, 0.2) is 51.9 Å². The van der Waals surface area contributed by atoms with Crippen molar-refractivity contribution in [2.45, 2.75) is 33.2 Å². The molecule has 0 spiro atoms. The monoisotopic (exact) mass is 377 g/mol. The van der Waals surface area contributed by atoms with E-state index in [1.165, 1.54) is 12.3 Å². The molecule has 0 unspecified atom stereocenters. The van der Waals surface area contributed by atoms with Crippen molar-refractivity contribution in [2.24, 2.45) is 0 Å². The quantitative estimate of drug-likeness (QED) is 0.304. The summed E-state index contributed by atoms with van der Waals surface area (Å²) in [6.07, 6.45) is 3.86. The summed E-state index contributed by atoms with van der Waals surface area (Å²) in [5.74, 6) is -0.244. The molecule has 7 heteroatoms. The van der Waals surface area contributed by atoms with Gasteiger partial charge in [-0.1, -0.05) is 6.92 Å². The van der Waals surface area contributed by atoms with E-state index < -0.39 is 11.6 Å². The van der Waals surface area contributed by atoms with E-state index in [0.717, 1.165) is 16.3 Å². The van der Waals surface area contributed by atoms with Gasteiger partial charge in [0.1, 0.15) is 11.3 Å². The Labute approximate surface area is 160 Å². The van der Waals surface area contributed by atoms with Crippen molar-refractivity contribution in [3.05, 3.63) is 64.3 Å². The highest BCUT2D eigenvalue weighted by atomic mass is 16.5. The predicted octanol–water partition coefficient (Wildman–Crippen LogP) is 3.90. The molecule has 1 aromatic carbocycles. The molecule has 0 aliphatic heterocycles. The Kier molecular flexibility index (Phi) is 4.43. The van der Waals surface area contributed by atoms with Crippen LogP contribution >= 0.6 is 0 Å². The minimum Gasteiger partial charge on any atom is -0.423 e. The van der Waals surface area contributed by atoms with Gasteiger partial charge in [0.15, 0.2) is 5.65 Å². The fraction of sp³-hybridized carbons (Fsp3) is 0.238. The third-order valence-electron chi connectivity index (χ3n) is 4.55. The highest BCUT2D eigenvalue weighted by Crippen LogP contribution is 2.24. The second-order valence-electron chi connectivity index (χ2n) is 6.81. The first-order valence-corrected chi connectivity index (χ1v) is 9.08. The van der Waals surface area contributed by atoms with E-state index in [1.54, 1.807) is 35.1 Å². The standard InChI is InChI=1S/C21H19N3O4/c1-4-13-8-19(25)28-18-9-16(5-6-17(13)18)27-21(26)15-7-14-11-23-24(12(2)3)20(14)22-10-15/h5-12H,4H2,1-3H3.